The number of hydrogen-bond acceptors (Lipinski definition) is 3. The second kappa shape index (κ2) is 14.6. The Morgan fingerprint density at radius 1 is 0.554 bits per heavy atom. The number of amides is 1. The first-order valence-corrected chi connectivity index (χ1v) is 18.9. The zero-order valence-corrected chi connectivity index (χ0v) is 31.3. The molecule has 0 unspecified atom stereocenters. The van der Waals surface area contributed by atoms with Gasteiger partial charge >= 0.3 is 0 Å². The van der Waals surface area contributed by atoms with E-state index in [1.807, 2.05) is 54.3 Å². The van der Waals surface area contributed by atoms with Crippen molar-refractivity contribution in [1.82, 2.24) is 0 Å². The smallest absolute Gasteiger partial charge is 0.223 e. The van der Waals surface area contributed by atoms with Crippen molar-refractivity contribution in [2.75, 3.05) is 11.4 Å². The number of nitrogens with zero attached hydrogens (tertiary/aromatic N) is 1. The lowest BCUT2D eigenvalue weighted by Gasteiger charge is -2.22. The molecule has 0 aliphatic carbocycles. The molecule has 0 N–H and O–H groups in total. The van der Waals surface area contributed by atoms with Crippen molar-refractivity contribution >= 4 is 63.2 Å². The van der Waals surface area contributed by atoms with Crippen LogP contribution in [0.3, 0.4) is 0 Å². The quantitative estimate of drug-likeness (QED) is 0.157. The van der Waals surface area contributed by atoms with Gasteiger partial charge in [0.15, 0.2) is 0 Å². The maximum atomic E-state index is 13.0. The van der Waals surface area contributed by atoms with Crippen molar-refractivity contribution in [3.63, 3.8) is 0 Å². The number of carbonyl (C=O) groups is 1. The van der Waals surface area contributed by atoms with Crippen molar-refractivity contribution < 1.29 is 13.6 Å². The third-order valence-electron chi connectivity index (χ3n) is 10.5. The van der Waals surface area contributed by atoms with Gasteiger partial charge in [-0.05, 0) is 124 Å². The molecule has 270 valence electrons. The van der Waals surface area contributed by atoms with Gasteiger partial charge in [-0.1, -0.05) is 116 Å². The van der Waals surface area contributed by atoms with E-state index >= 15 is 0 Å². The zero-order chi connectivity index (χ0) is 38.2. The molecular formula is C52H39NO3. The molecule has 9 aromatic rings. The van der Waals surface area contributed by atoms with Crippen molar-refractivity contribution in [3.05, 3.63) is 180 Å². The maximum Gasteiger partial charge on any atom is 0.223 e. The molecule has 2 heterocycles. The molecule has 1 amide bonds. The minimum absolute atomic E-state index is 0.00256. The summed E-state index contributed by atoms with van der Waals surface area (Å²) in [6.45, 7) is 8.34. The highest BCUT2D eigenvalue weighted by Crippen LogP contribution is 2.37. The van der Waals surface area contributed by atoms with E-state index in [9.17, 15) is 4.79 Å². The van der Waals surface area contributed by atoms with Crippen LogP contribution in [0.1, 0.15) is 19.4 Å². The number of hydrogen-bond donors (Lipinski definition) is 0. The van der Waals surface area contributed by atoms with Crippen molar-refractivity contribution in [2.45, 2.75) is 13.8 Å². The lowest BCUT2D eigenvalue weighted by Crippen LogP contribution is -2.27. The summed E-state index contributed by atoms with van der Waals surface area (Å²) in [5.74, 6) is -0.00256. The largest absolute Gasteiger partial charge is 0.457 e. The summed E-state index contributed by atoms with van der Waals surface area (Å²) in [4.78, 5) is 14.8. The molecule has 0 saturated heterocycles. The first kappa shape index (κ1) is 34.6. The highest BCUT2D eigenvalue weighted by Gasteiger charge is 2.15. The summed E-state index contributed by atoms with van der Waals surface area (Å²) in [5, 5.41) is 4.23. The van der Waals surface area contributed by atoms with E-state index in [1.165, 1.54) is 0 Å². The number of furan rings is 2. The number of fused-ring (bicyclic) bond motifs is 4. The van der Waals surface area contributed by atoms with Crippen LogP contribution in [0.15, 0.2) is 173 Å². The van der Waals surface area contributed by atoms with Crippen LogP contribution in [0.4, 0.5) is 5.69 Å². The van der Waals surface area contributed by atoms with Crippen LogP contribution in [0.2, 0.25) is 0 Å². The summed E-state index contributed by atoms with van der Waals surface area (Å²) in [7, 11) is 0. The van der Waals surface area contributed by atoms with E-state index in [0.717, 1.165) is 93.9 Å². The van der Waals surface area contributed by atoms with E-state index < -0.39 is 0 Å². The first-order chi connectivity index (χ1) is 27.4. The fourth-order valence-corrected chi connectivity index (χ4v) is 7.74. The van der Waals surface area contributed by atoms with Gasteiger partial charge in [0.2, 0.25) is 5.91 Å². The van der Waals surface area contributed by atoms with Crippen LogP contribution in [0.25, 0.3) is 96.1 Å². The summed E-state index contributed by atoms with van der Waals surface area (Å²) < 4.78 is 12.1. The van der Waals surface area contributed by atoms with Crippen LogP contribution in [-0.2, 0) is 4.79 Å². The lowest BCUT2D eigenvalue weighted by molar-refractivity contribution is -0.116. The van der Waals surface area contributed by atoms with Crippen molar-refractivity contribution in [1.29, 1.82) is 0 Å². The van der Waals surface area contributed by atoms with Gasteiger partial charge in [-0.15, -0.1) is 0 Å². The highest BCUT2D eigenvalue weighted by atomic mass is 16.3. The van der Waals surface area contributed by atoms with Crippen molar-refractivity contribution in [3.8, 4) is 44.5 Å². The molecule has 56 heavy (non-hydrogen) atoms. The summed E-state index contributed by atoms with van der Waals surface area (Å²) >= 11 is 0. The Hall–Kier alpha value is -7.17. The molecular weight excluding hydrogens is 687 g/mol. The average Bonchev–Trinajstić information content (AvgIpc) is 3.77. The summed E-state index contributed by atoms with van der Waals surface area (Å²) in [6.07, 6.45) is 6.25. The Morgan fingerprint density at radius 2 is 1.11 bits per heavy atom. The fourth-order valence-electron chi connectivity index (χ4n) is 7.74. The lowest BCUT2D eigenvalue weighted by atomic mass is 9.92. The molecule has 0 atom stereocenters. The van der Waals surface area contributed by atoms with Gasteiger partial charge < -0.3 is 13.7 Å². The normalized spacial score (nSPS) is 12.0. The number of para-hydroxylation sites is 2. The predicted octanol–water partition coefficient (Wildman–Crippen LogP) is 12.3. The minimum Gasteiger partial charge on any atom is -0.457 e. The number of carbonyl (C=O) groups excluding carboxylic acids is 1. The first-order valence-electron chi connectivity index (χ1n) is 18.9. The van der Waals surface area contributed by atoms with E-state index in [4.69, 9.17) is 8.83 Å². The van der Waals surface area contributed by atoms with Crippen LogP contribution >= 0.6 is 0 Å². The molecule has 0 spiro atoms. The Morgan fingerprint density at radius 3 is 1.84 bits per heavy atom. The highest BCUT2D eigenvalue weighted by molar-refractivity contribution is 6.06. The maximum absolute atomic E-state index is 13.0. The summed E-state index contributed by atoms with van der Waals surface area (Å²) in [6, 6.07) is 54.7. The summed E-state index contributed by atoms with van der Waals surface area (Å²) in [5.41, 5.74) is 13.6. The zero-order valence-electron chi connectivity index (χ0n) is 31.3. The average molecular weight is 726 g/mol. The van der Waals surface area contributed by atoms with Crippen LogP contribution in [-0.4, -0.2) is 12.5 Å². The molecule has 0 bridgehead atoms. The third-order valence-corrected chi connectivity index (χ3v) is 10.5. The molecule has 0 aliphatic heterocycles. The van der Waals surface area contributed by atoms with Gasteiger partial charge in [0, 0.05) is 40.5 Å². The number of allylic oxidation sites excluding steroid dienone is 1. The number of benzene rings is 7. The Kier molecular flexibility index (Phi) is 9.00. The molecule has 0 fully saturated rings. The molecule has 0 radical (unpaired) electrons. The van der Waals surface area contributed by atoms with Crippen LogP contribution in [0.5, 0.6) is 0 Å². The molecule has 4 nitrogen and oxygen atoms in total. The second-order valence-corrected chi connectivity index (χ2v) is 14.1. The standard InChI is InChI=1S/C52H39NO3/c1-4-53(35(3)54)45-31-43(39-18-13-17-38(28-39)40-24-25-49-48-20-9-11-23-51(48)56-52(49)33-40)30-44(32-45)42-27-36(26-41(29-42)37-15-6-5-7-16-37)14-12-21-46-34(2)55-50-22-10-8-19-47(46)50/h5-33H,2,4H2,1,3H3/b14-12+,46-21+. The Labute approximate surface area is 325 Å². The molecule has 7 aromatic carbocycles. The van der Waals surface area contributed by atoms with Gasteiger partial charge in [0.1, 0.15) is 22.2 Å². The van der Waals surface area contributed by atoms with E-state index in [0.29, 0.717) is 12.0 Å². The Balaban J connectivity index is 1.16. The van der Waals surface area contributed by atoms with E-state index in [1.54, 1.807) is 6.92 Å². The van der Waals surface area contributed by atoms with Gasteiger partial charge in [0.05, 0.1) is 0 Å². The third kappa shape index (κ3) is 6.63. The van der Waals surface area contributed by atoms with Crippen molar-refractivity contribution in [2.24, 2.45) is 0 Å². The van der Waals surface area contributed by atoms with Gasteiger partial charge in [0.25, 0.3) is 0 Å². The van der Waals surface area contributed by atoms with E-state index in [-0.39, 0.29) is 5.91 Å². The topological polar surface area (TPSA) is 46.6 Å². The molecule has 0 aliphatic rings. The Bertz CT molecular complexity index is 3070. The molecule has 0 saturated carbocycles. The predicted molar refractivity (Wildman–Crippen MR) is 234 cm³/mol. The van der Waals surface area contributed by atoms with Gasteiger partial charge in [-0.2, -0.15) is 0 Å². The second-order valence-electron chi connectivity index (χ2n) is 14.1. The van der Waals surface area contributed by atoms with Gasteiger partial charge in [-0.3, -0.25) is 4.79 Å². The molecule has 2 aromatic heterocycles. The van der Waals surface area contributed by atoms with Crippen LogP contribution < -0.4 is 15.5 Å². The number of anilines is 1. The van der Waals surface area contributed by atoms with Gasteiger partial charge in [-0.25, -0.2) is 0 Å². The molecule has 9 rings (SSSR count). The van der Waals surface area contributed by atoms with E-state index in [2.05, 4.69) is 140 Å². The van der Waals surface area contributed by atoms with Crippen LogP contribution in [0, 0.1) is 0 Å². The monoisotopic (exact) mass is 725 g/mol. The SMILES string of the molecule is C=c1oc2ccccc2/c1=C/C=C/c1cc(-c2ccccc2)cc(-c2cc(-c3cccc(-c4ccc5c(c4)oc4ccccc45)c3)cc(N(CC)C(C)=O)c2)c1. The minimum atomic E-state index is -0.00256. The molecule has 4 heteroatoms. The number of rotatable bonds is 8. The fraction of sp³-hybridized carbons (Fsp3) is 0.0577.